The highest BCUT2D eigenvalue weighted by molar-refractivity contribution is 4.93. The van der Waals surface area contributed by atoms with Crippen LogP contribution in [0.3, 0.4) is 0 Å². The molecule has 0 spiro atoms. The van der Waals surface area contributed by atoms with Gasteiger partial charge in [-0.05, 0) is 13.0 Å². The van der Waals surface area contributed by atoms with Gasteiger partial charge in [-0.15, -0.1) is 0 Å². The maximum atomic E-state index is 10.7. The summed E-state index contributed by atoms with van der Waals surface area (Å²) in [5.41, 5.74) is 5.38. The van der Waals surface area contributed by atoms with E-state index in [4.69, 9.17) is 5.73 Å². The van der Waals surface area contributed by atoms with Gasteiger partial charge in [0.2, 0.25) is 0 Å². The van der Waals surface area contributed by atoms with Crippen LogP contribution >= 0.6 is 0 Å². The molecule has 0 unspecified atom stereocenters. The highest BCUT2D eigenvalue weighted by Gasteiger charge is 1.86. The van der Waals surface area contributed by atoms with E-state index in [0.29, 0.717) is 6.54 Å². The molecule has 3 nitrogen and oxygen atoms in total. The second kappa shape index (κ2) is 3.93. The molecule has 0 saturated carbocycles. The van der Waals surface area contributed by atoms with E-state index >= 15 is 0 Å². The van der Waals surface area contributed by atoms with Gasteiger partial charge in [0.1, 0.15) is 0 Å². The summed E-state index contributed by atoms with van der Waals surface area (Å²) in [6.07, 6.45) is 4.50. The van der Waals surface area contributed by atoms with Gasteiger partial charge in [-0.25, -0.2) is 0 Å². The lowest BCUT2D eigenvalue weighted by molar-refractivity contribution is 0.646. The Labute approximate surface area is 65.5 Å². The Morgan fingerprint density at radius 1 is 1.36 bits per heavy atom. The van der Waals surface area contributed by atoms with Crippen molar-refractivity contribution in [2.75, 3.05) is 6.54 Å². The van der Waals surface area contributed by atoms with Crippen molar-refractivity contribution in [2.24, 2.45) is 5.73 Å². The first-order valence-corrected chi connectivity index (χ1v) is 3.69. The first-order valence-electron chi connectivity index (χ1n) is 3.69. The first-order chi connectivity index (χ1) is 5.33. The molecule has 60 valence electrons. The van der Waals surface area contributed by atoms with Crippen LogP contribution in [0.4, 0.5) is 0 Å². The largest absolute Gasteiger partial charge is 0.354 e. The number of rotatable bonds is 3. The van der Waals surface area contributed by atoms with Crippen molar-refractivity contribution >= 4 is 0 Å². The molecule has 0 aromatic carbocycles. The highest BCUT2D eigenvalue weighted by Crippen LogP contribution is 1.86. The molecule has 3 heteroatoms. The van der Waals surface area contributed by atoms with Crippen LogP contribution in [0.5, 0.6) is 0 Å². The Hall–Kier alpha value is -1.09. The second-order valence-corrected chi connectivity index (χ2v) is 2.41. The summed E-state index contributed by atoms with van der Waals surface area (Å²) in [7, 11) is 0. The minimum Gasteiger partial charge on any atom is -0.354 e. The molecule has 0 aliphatic rings. The number of aryl methyl sites for hydroxylation is 1. The van der Waals surface area contributed by atoms with Crippen LogP contribution in [0.2, 0.25) is 0 Å². The molecule has 1 aromatic rings. The number of hydrogen-bond donors (Lipinski definition) is 1. The smallest absolute Gasteiger partial charge is 0.181 e. The molecule has 0 fully saturated rings. The molecule has 11 heavy (non-hydrogen) atoms. The Morgan fingerprint density at radius 3 is 2.55 bits per heavy atom. The molecular formula is C8H12N2O. The Bertz CT molecular complexity index is 247. The van der Waals surface area contributed by atoms with Gasteiger partial charge in [0.15, 0.2) is 5.43 Å². The quantitative estimate of drug-likeness (QED) is 0.672. The van der Waals surface area contributed by atoms with Crippen molar-refractivity contribution in [3.05, 3.63) is 34.7 Å². The molecule has 0 atom stereocenters. The lowest BCUT2D eigenvalue weighted by atomic mass is 10.4. The lowest BCUT2D eigenvalue weighted by Gasteiger charge is -2.02. The minimum absolute atomic E-state index is 0.0500. The van der Waals surface area contributed by atoms with Crippen LogP contribution in [-0.4, -0.2) is 11.1 Å². The number of hydrogen-bond acceptors (Lipinski definition) is 2. The van der Waals surface area contributed by atoms with E-state index < -0.39 is 0 Å². The van der Waals surface area contributed by atoms with Gasteiger partial charge in [0.25, 0.3) is 0 Å². The molecule has 2 N–H and O–H groups in total. The fourth-order valence-corrected chi connectivity index (χ4v) is 0.867. The summed E-state index contributed by atoms with van der Waals surface area (Å²) in [5, 5.41) is 0. The standard InChI is InChI=1S/C8H12N2O/c9-4-1-5-10-6-2-8(11)3-7-10/h2-3,6-7H,1,4-5,9H2. The van der Waals surface area contributed by atoms with Crippen molar-refractivity contribution < 1.29 is 0 Å². The molecule has 0 bridgehead atoms. The highest BCUT2D eigenvalue weighted by atomic mass is 16.1. The third kappa shape index (κ3) is 2.55. The van der Waals surface area contributed by atoms with E-state index in [2.05, 4.69) is 0 Å². The normalized spacial score (nSPS) is 9.91. The van der Waals surface area contributed by atoms with Crippen LogP contribution < -0.4 is 11.2 Å². The fourth-order valence-electron chi connectivity index (χ4n) is 0.867. The number of aromatic nitrogens is 1. The van der Waals surface area contributed by atoms with Crippen molar-refractivity contribution in [1.29, 1.82) is 0 Å². The molecule has 0 aliphatic heterocycles. The molecular weight excluding hydrogens is 140 g/mol. The second-order valence-electron chi connectivity index (χ2n) is 2.41. The van der Waals surface area contributed by atoms with Gasteiger partial charge < -0.3 is 10.3 Å². The molecule has 0 aliphatic carbocycles. The van der Waals surface area contributed by atoms with E-state index in [9.17, 15) is 4.79 Å². The molecule has 1 heterocycles. The van der Waals surface area contributed by atoms with Crippen molar-refractivity contribution in [3.8, 4) is 0 Å². The van der Waals surface area contributed by atoms with Crippen LogP contribution in [-0.2, 0) is 6.54 Å². The van der Waals surface area contributed by atoms with E-state index in [-0.39, 0.29) is 5.43 Å². The zero-order valence-electron chi connectivity index (χ0n) is 6.36. The van der Waals surface area contributed by atoms with Crippen LogP contribution in [0, 0.1) is 0 Å². The predicted octanol–water partition coefficient (Wildman–Crippen LogP) is 0.197. The number of nitrogens with two attached hydrogens (primary N) is 1. The average molecular weight is 152 g/mol. The molecule has 0 saturated heterocycles. The van der Waals surface area contributed by atoms with Crippen LogP contribution in [0.15, 0.2) is 29.3 Å². The number of pyridine rings is 1. The maximum Gasteiger partial charge on any atom is 0.181 e. The topological polar surface area (TPSA) is 48.0 Å². The monoisotopic (exact) mass is 152 g/mol. The Kier molecular flexibility index (Phi) is 2.86. The molecule has 0 amide bonds. The Morgan fingerprint density at radius 2 is 2.00 bits per heavy atom. The van der Waals surface area contributed by atoms with E-state index in [1.807, 2.05) is 4.57 Å². The third-order valence-corrected chi connectivity index (χ3v) is 1.48. The van der Waals surface area contributed by atoms with E-state index in [0.717, 1.165) is 13.0 Å². The summed E-state index contributed by atoms with van der Waals surface area (Å²) in [6, 6.07) is 3.10. The minimum atomic E-state index is 0.0500. The van der Waals surface area contributed by atoms with Crippen LogP contribution in [0.1, 0.15) is 6.42 Å². The predicted molar refractivity (Wildman–Crippen MR) is 44.4 cm³/mol. The summed E-state index contributed by atoms with van der Waals surface area (Å²) in [4.78, 5) is 10.7. The van der Waals surface area contributed by atoms with Crippen molar-refractivity contribution in [2.45, 2.75) is 13.0 Å². The first kappa shape index (κ1) is 8.01. The summed E-state index contributed by atoms with van der Waals surface area (Å²) in [6.45, 7) is 1.57. The van der Waals surface area contributed by atoms with Gasteiger partial charge in [-0.3, -0.25) is 4.79 Å². The van der Waals surface area contributed by atoms with Crippen LogP contribution in [0.25, 0.3) is 0 Å². The van der Waals surface area contributed by atoms with Gasteiger partial charge >= 0.3 is 0 Å². The van der Waals surface area contributed by atoms with Gasteiger partial charge in [-0.2, -0.15) is 0 Å². The number of nitrogens with zero attached hydrogens (tertiary/aromatic N) is 1. The Balaban J connectivity index is 2.59. The summed E-state index contributed by atoms with van der Waals surface area (Å²) >= 11 is 0. The van der Waals surface area contributed by atoms with E-state index in [1.54, 1.807) is 24.5 Å². The SMILES string of the molecule is NCCCn1ccc(=O)cc1. The average Bonchev–Trinajstić information content (AvgIpc) is 2.04. The fraction of sp³-hybridized carbons (Fsp3) is 0.375. The molecule has 0 radical (unpaired) electrons. The zero-order chi connectivity index (χ0) is 8.10. The third-order valence-electron chi connectivity index (χ3n) is 1.48. The van der Waals surface area contributed by atoms with Gasteiger partial charge in [-0.1, -0.05) is 0 Å². The zero-order valence-corrected chi connectivity index (χ0v) is 6.36. The maximum absolute atomic E-state index is 10.7. The summed E-state index contributed by atoms with van der Waals surface area (Å²) < 4.78 is 1.95. The van der Waals surface area contributed by atoms with Gasteiger partial charge in [0, 0.05) is 31.1 Å². The molecule has 1 aromatic heterocycles. The van der Waals surface area contributed by atoms with Crippen molar-refractivity contribution in [3.63, 3.8) is 0 Å². The van der Waals surface area contributed by atoms with Crippen molar-refractivity contribution in [1.82, 2.24) is 4.57 Å². The molecule has 1 rings (SSSR count). The van der Waals surface area contributed by atoms with Gasteiger partial charge in [0.05, 0.1) is 0 Å². The summed E-state index contributed by atoms with van der Waals surface area (Å²) in [5.74, 6) is 0. The lowest BCUT2D eigenvalue weighted by Crippen LogP contribution is -2.07. The van der Waals surface area contributed by atoms with E-state index in [1.165, 1.54) is 0 Å².